The number of benzene rings is 1. The van der Waals surface area contributed by atoms with Gasteiger partial charge in [-0.25, -0.2) is 0 Å². The fourth-order valence-electron chi connectivity index (χ4n) is 3.88. The van der Waals surface area contributed by atoms with Crippen molar-refractivity contribution in [2.75, 3.05) is 5.32 Å². The van der Waals surface area contributed by atoms with Crippen LogP contribution in [-0.2, 0) is 10.9 Å². The molecule has 0 spiro atoms. The number of hydrogen-bond donors (Lipinski definition) is 2. The van der Waals surface area contributed by atoms with Crippen LogP contribution in [0.25, 0.3) is 22.0 Å². The summed E-state index contributed by atoms with van der Waals surface area (Å²) in [5.41, 5.74) is -0.456. The first kappa shape index (κ1) is 17.2. The molecular formula is C19H15F3N4O2. The van der Waals surface area contributed by atoms with E-state index in [0.717, 1.165) is 18.9 Å². The van der Waals surface area contributed by atoms with Crippen LogP contribution in [-0.4, -0.2) is 38.5 Å². The second kappa shape index (κ2) is 6.03. The Kier molecular flexibility index (Phi) is 3.70. The van der Waals surface area contributed by atoms with Crippen LogP contribution >= 0.6 is 0 Å². The van der Waals surface area contributed by atoms with Crippen molar-refractivity contribution in [3.8, 4) is 17.0 Å². The highest BCUT2D eigenvalue weighted by atomic mass is 19.4. The van der Waals surface area contributed by atoms with Gasteiger partial charge >= 0.3 is 6.18 Å². The average molecular weight is 388 g/mol. The molecule has 3 aliphatic rings. The number of nitrogens with one attached hydrogen (secondary N) is 1. The molecule has 0 amide bonds. The van der Waals surface area contributed by atoms with E-state index in [-0.39, 0.29) is 17.7 Å². The Morgan fingerprint density at radius 3 is 2.61 bits per heavy atom. The first-order chi connectivity index (χ1) is 13.4. The largest absolute Gasteiger partial charge is 0.507 e. The molecule has 2 bridgehead atoms. The fourth-order valence-corrected chi connectivity index (χ4v) is 3.88. The lowest BCUT2D eigenvalue weighted by Gasteiger charge is -2.26. The van der Waals surface area contributed by atoms with Crippen molar-refractivity contribution in [1.29, 1.82) is 0 Å². The summed E-state index contributed by atoms with van der Waals surface area (Å²) in [7, 11) is 0. The zero-order valence-corrected chi connectivity index (χ0v) is 14.4. The summed E-state index contributed by atoms with van der Waals surface area (Å²) in [6, 6.07) is 4.66. The number of phenolic OH excluding ortho intramolecular Hbond substituents is 1. The molecule has 0 radical (unpaired) electrons. The Morgan fingerprint density at radius 1 is 1.11 bits per heavy atom. The number of alkyl halides is 3. The van der Waals surface area contributed by atoms with Gasteiger partial charge in [0.15, 0.2) is 5.82 Å². The number of halogens is 3. The molecule has 1 saturated carbocycles. The van der Waals surface area contributed by atoms with Crippen molar-refractivity contribution in [2.24, 2.45) is 0 Å². The van der Waals surface area contributed by atoms with Crippen molar-refractivity contribution < 1.29 is 23.0 Å². The lowest BCUT2D eigenvalue weighted by Crippen LogP contribution is -2.33. The number of fused-ring (bicyclic) bond motifs is 2. The number of rotatable bonds is 3. The van der Waals surface area contributed by atoms with Crippen LogP contribution in [0.4, 0.5) is 19.0 Å². The molecule has 6 rings (SSSR count). The van der Waals surface area contributed by atoms with E-state index in [9.17, 15) is 18.3 Å². The number of aromatic hydroxyl groups is 1. The van der Waals surface area contributed by atoms with Crippen molar-refractivity contribution in [3.05, 3.63) is 42.2 Å². The van der Waals surface area contributed by atoms with Crippen LogP contribution < -0.4 is 5.32 Å². The Labute approximate surface area is 157 Å². The molecule has 2 aliphatic heterocycles. The lowest BCUT2D eigenvalue weighted by molar-refractivity contribution is -0.137. The number of aromatic nitrogens is 3. The highest BCUT2D eigenvalue weighted by Gasteiger charge is 2.46. The lowest BCUT2D eigenvalue weighted by atomic mass is 10.0. The smallest absolute Gasteiger partial charge is 0.416 e. The van der Waals surface area contributed by atoms with Gasteiger partial charge in [0.05, 0.1) is 23.8 Å². The van der Waals surface area contributed by atoms with E-state index in [1.807, 2.05) is 0 Å². The summed E-state index contributed by atoms with van der Waals surface area (Å²) in [4.78, 5) is 4.13. The molecule has 2 unspecified atom stereocenters. The van der Waals surface area contributed by atoms with E-state index < -0.39 is 17.5 Å². The first-order valence-corrected chi connectivity index (χ1v) is 8.83. The predicted octanol–water partition coefficient (Wildman–Crippen LogP) is 3.76. The van der Waals surface area contributed by atoms with E-state index in [4.69, 9.17) is 4.74 Å². The maximum atomic E-state index is 12.9. The third-order valence-electron chi connectivity index (χ3n) is 5.31. The van der Waals surface area contributed by atoms with Crippen molar-refractivity contribution in [3.63, 3.8) is 0 Å². The van der Waals surface area contributed by atoms with E-state index in [0.29, 0.717) is 34.5 Å². The Balaban J connectivity index is 1.57. The minimum Gasteiger partial charge on any atom is -0.507 e. The van der Waals surface area contributed by atoms with Gasteiger partial charge in [0, 0.05) is 35.2 Å². The second-order valence-electron chi connectivity index (χ2n) is 7.07. The first-order valence-electron chi connectivity index (χ1n) is 8.83. The number of hydrogen-bond acceptors (Lipinski definition) is 6. The van der Waals surface area contributed by atoms with E-state index >= 15 is 0 Å². The SMILES string of the molecule is Oc1cc(C(F)(F)F)ccc1-c1nnc(N[C@H]2CC3CC2O3)c2cnccc12. The molecule has 2 saturated heterocycles. The number of anilines is 1. The summed E-state index contributed by atoms with van der Waals surface area (Å²) in [5, 5.41) is 23.3. The van der Waals surface area contributed by atoms with Gasteiger partial charge in [0.1, 0.15) is 11.4 Å². The standard InChI is InChI=1S/C19H15F3N4O2/c20-19(21,22)9-1-2-12(15(27)5-9)17-11-3-4-23-8-13(11)18(26-25-17)24-14-6-10-7-16(14)28-10/h1-5,8,10,14,16,27H,6-7H2,(H,24,26)/t10?,14-,16?/m0/s1. The monoisotopic (exact) mass is 388 g/mol. The molecule has 28 heavy (non-hydrogen) atoms. The number of ether oxygens (including phenoxy) is 1. The molecule has 1 aromatic carbocycles. The highest BCUT2D eigenvalue weighted by molar-refractivity contribution is 6.00. The Bertz CT molecular complexity index is 1070. The molecule has 4 heterocycles. The highest BCUT2D eigenvalue weighted by Crippen LogP contribution is 2.41. The van der Waals surface area contributed by atoms with Crippen LogP contribution in [0.3, 0.4) is 0 Å². The average Bonchev–Trinajstić information content (AvgIpc) is 3.21. The zero-order valence-electron chi connectivity index (χ0n) is 14.4. The van der Waals surface area contributed by atoms with Crippen molar-refractivity contribution >= 4 is 16.6 Å². The summed E-state index contributed by atoms with van der Waals surface area (Å²) >= 11 is 0. The molecule has 3 aromatic rings. The molecule has 3 fully saturated rings. The van der Waals surface area contributed by atoms with E-state index in [1.54, 1.807) is 18.5 Å². The quantitative estimate of drug-likeness (QED) is 0.711. The van der Waals surface area contributed by atoms with Gasteiger partial charge in [-0.15, -0.1) is 10.2 Å². The normalized spacial score (nSPS) is 23.6. The molecule has 2 aromatic heterocycles. The third kappa shape index (κ3) is 2.73. The summed E-state index contributed by atoms with van der Waals surface area (Å²) in [6.07, 6.45) is 1.03. The molecular weight excluding hydrogens is 373 g/mol. The maximum absolute atomic E-state index is 12.9. The number of pyridine rings is 1. The van der Waals surface area contributed by atoms with Crippen molar-refractivity contribution in [2.45, 2.75) is 37.3 Å². The van der Waals surface area contributed by atoms with Gasteiger partial charge in [-0.2, -0.15) is 13.2 Å². The molecule has 3 atom stereocenters. The van der Waals surface area contributed by atoms with Gasteiger partial charge in [-0.05, 0) is 30.7 Å². The van der Waals surface area contributed by atoms with Gasteiger partial charge in [0.2, 0.25) is 0 Å². The van der Waals surface area contributed by atoms with Gasteiger partial charge in [0.25, 0.3) is 0 Å². The summed E-state index contributed by atoms with van der Waals surface area (Å²) in [6.45, 7) is 0. The molecule has 1 aliphatic carbocycles. The zero-order chi connectivity index (χ0) is 19.5. The van der Waals surface area contributed by atoms with Crippen molar-refractivity contribution in [1.82, 2.24) is 15.2 Å². The molecule has 144 valence electrons. The number of phenols is 1. The summed E-state index contributed by atoms with van der Waals surface area (Å²) in [5.74, 6) is 0.0346. The fraction of sp³-hybridized carbons (Fsp3) is 0.316. The Morgan fingerprint density at radius 2 is 1.93 bits per heavy atom. The van der Waals surface area contributed by atoms with Crippen LogP contribution in [0.1, 0.15) is 18.4 Å². The van der Waals surface area contributed by atoms with Gasteiger partial charge in [-0.3, -0.25) is 4.98 Å². The summed E-state index contributed by atoms with van der Waals surface area (Å²) < 4.78 is 44.3. The van der Waals surface area contributed by atoms with Gasteiger partial charge in [-0.1, -0.05) is 0 Å². The minimum absolute atomic E-state index is 0.146. The third-order valence-corrected chi connectivity index (χ3v) is 5.31. The predicted molar refractivity (Wildman–Crippen MR) is 94.7 cm³/mol. The van der Waals surface area contributed by atoms with Crippen LogP contribution in [0.2, 0.25) is 0 Å². The van der Waals surface area contributed by atoms with E-state index in [1.165, 1.54) is 6.07 Å². The van der Waals surface area contributed by atoms with Crippen LogP contribution in [0.5, 0.6) is 5.75 Å². The van der Waals surface area contributed by atoms with Crippen LogP contribution in [0.15, 0.2) is 36.7 Å². The number of nitrogens with zero attached hydrogens (tertiary/aromatic N) is 3. The topological polar surface area (TPSA) is 80.2 Å². The molecule has 2 N–H and O–H groups in total. The maximum Gasteiger partial charge on any atom is 0.416 e. The van der Waals surface area contributed by atoms with E-state index in [2.05, 4.69) is 20.5 Å². The van der Waals surface area contributed by atoms with Gasteiger partial charge < -0.3 is 15.2 Å². The Hall–Kier alpha value is -2.94. The molecule has 6 nitrogen and oxygen atoms in total. The van der Waals surface area contributed by atoms with Crippen LogP contribution in [0, 0.1) is 0 Å². The molecule has 9 heteroatoms. The second-order valence-corrected chi connectivity index (χ2v) is 7.07. The minimum atomic E-state index is -4.54.